The molecular formula is C22H28ClNO4. The van der Waals surface area contributed by atoms with Gasteiger partial charge in [-0.25, -0.2) is 4.79 Å². The summed E-state index contributed by atoms with van der Waals surface area (Å²) in [6.07, 6.45) is 2.72. The van der Waals surface area contributed by atoms with Crippen molar-refractivity contribution in [3.05, 3.63) is 59.7 Å². The van der Waals surface area contributed by atoms with Crippen molar-refractivity contribution in [1.82, 2.24) is 4.90 Å². The van der Waals surface area contributed by atoms with Crippen LogP contribution in [0.15, 0.2) is 48.5 Å². The van der Waals surface area contributed by atoms with Gasteiger partial charge in [-0.15, -0.1) is 12.4 Å². The van der Waals surface area contributed by atoms with Crippen molar-refractivity contribution in [2.45, 2.75) is 25.4 Å². The molecular weight excluding hydrogens is 378 g/mol. The molecule has 0 radical (unpaired) electrons. The Morgan fingerprint density at radius 1 is 1.00 bits per heavy atom. The second-order valence-corrected chi connectivity index (χ2v) is 6.75. The van der Waals surface area contributed by atoms with E-state index in [2.05, 4.69) is 11.0 Å². The highest BCUT2D eigenvalue weighted by atomic mass is 35.5. The number of piperidine rings is 1. The topological polar surface area (TPSA) is 48.0 Å². The molecule has 0 amide bonds. The molecule has 152 valence electrons. The quantitative estimate of drug-likeness (QED) is 0.652. The van der Waals surface area contributed by atoms with Crippen LogP contribution in [0.5, 0.6) is 11.5 Å². The van der Waals surface area contributed by atoms with Crippen molar-refractivity contribution in [1.29, 1.82) is 0 Å². The lowest BCUT2D eigenvalue weighted by atomic mass is 10.1. The highest BCUT2D eigenvalue weighted by molar-refractivity contribution is 5.89. The second kappa shape index (κ2) is 10.9. The van der Waals surface area contributed by atoms with E-state index in [1.807, 2.05) is 30.3 Å². The third kappa shape index (κ3) is 5.88. The molecule has 1 aliphatic rings. The van der Waals surface area contributed by atoms with Gasteiger partial charge in [0.15, 0.2) is 11.5 Å². The van der Waals surface area contributed by atoms with Crippen molar-refractivity contribution in [3.63, 3.8) is 0 Å². The van der Waals surface area contributed by atoms with Crippen LogP contribution in [-0.2, 0) is 11.2 Å². The van der Waals surface area contributed by atoms with Crippen molar-refractivity contribution < 1.29 is 19.0 Å². The van der Waals surface area contributed by atoms with Gasteiger partial charge < -0.3 is 19.1 Å². The minimum Gasteiger partial charge on any atom is -0.493 e. The Labute approximate surface area is 173 Å². The lowest BCUT2D eigenvalue weighted by molar-refractivity contribution is 0.0115. The molecule has 0 N–H and O–H groups in total. The lowest BCUT2D eigenvalue weighted by Crippen LogP contribution is -2.38. The van der Waals surface area contributed by atoms with E-state index in [0.29, 0.717) is 5.56 Å². The fraction of sp³-hybridized carbons (Fsp3) is 0.409. The Morgan fingerprint density at radius 2 is 1.68 bits per heavy atom. The summed E-state index contributed by atoms with van der Waals surface area (Å²) < 4.78 is 16.3. The SMILES string of the molecule is COc1ccc(CCN2CCC(OC(=O)c3ccccc3)CC2)cc1OC.Cl. The van der Waals surface area contributed by atoms with E-state index in [9.17, 15) is 4.79 Å². The summed E-state index contributed by atoms with van der Waals surface area (Å²) in [4.78, 5) is 14.6. The van der Waals surface area contributed by atoms with E-state index in [0.717, 1.165) is 50.4 Å². The number of hydrogen-bond donors (Lipinski definition) is 0. The van der Waals surface area contributed by atoms with Crippen LogP contribution in [0, 0.1) is 0 Å². The number of carbonyl (C=O) groups excluding carboxylic acids is 1. The largest absolute Gasteiger partial charge is 0.493 e. The van der Waals surface area contributed by atoms with Crippen LogP contribution in [0.25, 0.3) is 0 Å². The maximum Gasteiger partial charge on any atom is 0.338 e. The van der Waals surface area contributed by atoms with Crippen molar-refractivity contribution in [2.75, 3.05) is 33.9 Å². The smallest absolute Gasteiger partial charge is 0.338 e. The van der Waals surface area contributed by atoms with Gasteiger partial charge in [-0.3, -0.25) is 0 Å². The lowest BCUT2D eigenvalue weighted by Gasteiger charge is -2.31. The third-order valence-corrected chi connectivity index (χ3v) is 4.98. The summed E-state index contributed by atoms with van der Waals surface area (Å²) in [5.74, 6) is 1.29. The molecule has 0 bridgehead atoms. The van der Waals surface area contributed by atoms with Gasteiger partial charge in [-0.1, -0.05) is 24.3 Å². The summed E-state index contributed by atoms with van der Waals surface area (Å²) in [7, 11) is 3.30. The highest BCUT2D eigenvalue weighted by Crippen LogP contribution is 2.28. The number of rotatable bonds is 7. The Bertz CT molecular complexity index is 745. The summed E-state index contributed by atoms with van der Waals surface area (Å²) >= 11 is 0. The number of carbonyl (C=O) groups is 1. The first-order valence-corrected chi connectivity index (χ1v) is 9.39. The van der Waals surface area contributed by atoms with E-state index in [4.69, 9.17) is 14.2 Å². The molecule has 1 saturated heterocycles. The number of hydrogen-bond acceptors (Lipinski definition) is 5. The Kier molecular flexibility index (Phi) is 8.61. The van der Waals surface area contributed by atoms with Gasteiger partial charge in [0.1, 0.15) is 6.10 Å². The van der Waals surface area contributed by atoms with Crippen LogP contribution in [0.4, 0.5) is 0 Å². The normalized spacial score (nSPS) is 14.8. The number of methoxy groups -OCH3 is 2. The zero-order chi connectivity index (χ0) is 19.1. The molecule has 0 atom stereocenters. The van der Waals surface area contributed by atoms with E-state index in [-0.39, 0.29) is 24.5 Å². The summed E-state index contributed by atoms with van der Waals surface area (Å²) in [5, 5.41) is 0. The van der Waals surface area contributed by atoms with E-state index >= 15 is 0 Å². The van der Waals surface area contributed by atoms with Gasteiger partial charge in [0.25, 0.3) is 0 Å². The first kappa shape index (κ1) is 22.1. The first-order valence-electron chi connectivity index (χ1n) is 9.39. The third-order valence-electron chi connectivity index (χ3n) is 4.98. The molecule has 5 nitrogen and oxygen atoms in total. The predicted octanol–water partition coefficient (Wildman–Crippen LogP) is 3.99. The minimum atomic E-state index is -0.223. The van der Waals surface area contributed by atoms with Gasteiger partial charge in [0.2, 0.25) is 0 Å². The number of benzene rings is 2. The van der Waals surface area contributed by atoms with E-state index in [1.54, 1.807) is 26.4 Å². The van der Waals surface area contributed by atoms with E-state index < -0.39 is 0 Å². The Hall–Kier alpha value is -2.24. The number of esters is 1. The average Bonchev–Trinajstić information content (AvgIpc) is 2.73. The monoisotopic (exact) mass is 405 g/mol. The summed E-state index contributed by atoms with van der Waals surface area (Å²) in [5.41, 5.74) is 1.85. The molecule has 28 heavy (non-hydrogen) atoms. The summed E-state index contributed by atoms with van der Waals surface area (Å²) in [6, 6.07) is 15.3. The molecule has 1 fully saturated rings. The molecule has 6 heteroatoms. The molecule has 1 aliphatic heterocycles. The van der Waals surface area contributed by atoms with Gasteiger partial charge in [-0.2, -0.15) is 0 Å². The molecule has 0 aliphatic carbocycles. The fourth-order valence-electron chi connectivity index (χ4n) is 3.37. The second-order valence-electron chi connectivity index (χ2n) is 6.75. The molecule has 2 aromatic rings. The Balaban J connectivity index is 0.00000280. The number of halogens is 1. The van der Waals surface area contributed by atoms with Crippen LogP contribution in [0.3, 0.4) is 0 Å². The zero-order valence-electron chi connectivity index (χ0n) is 16.4. The predicted molar refractivity (Wildman–Crippen MR) is 112 cm³/mol. The van der Waals surface area contributed by atoms with Crippen LogP contribution in [0.1, 0.15) is 28.8 Å². The minimum absolute atomic E-state index is 0. The molecule has 3 rings (SSSR count). The van der Waals surface area contributed by atoms with Crippen LogP contribution in [0.2, 0.25) is 0 Å². The molecule has 1 heterocycles. The maximum atomic E-state index is 12.2. The molecule has 0 aromatic heterocycles. The molecule has 0 spiro atoms. The van der Waals surface area contributed by atoms with Crippen LogP contribution < -0.4 is 9.47 Å². The van der Waals surface area contributed by atoms with Crippen LogP contribution in [-0.4, -0.2) is 50.8 Å². The maximum absolute atomic E-state index is 12.2. The molecule has 0 unspecified atom stereocenters. The van der Waals surface area contributed by atoms with Gasteiger partial charge in [0, 0.05) is 19.6 Å². The number of nitrogens with zero attached hydrogens (tertiary/aromatic N) is 1. The van der Waals surface area contributed by atoms with E-state index in [1.165, 1.54) is 5.56 Å². The molecule has 0 saturated carbocycles. The van der Waals surface area contributed by atoms with Gasteiger partial charge in [0.05, 0.1) is 19.8 Å². The average molecular weight is 406 g/mol. The Morgan fingerprint density at radius 3 is 2.32 bits per heavy atom. The van der Waals surface area contributed by atoms with Crippen molar-refractivity contribution >= 4 is 18.4 Å². The molecule has 2 aromatic carbocycles. The van der Waals surface area contributed by atoms with Gasteiger partial charge in [-0.05, 0) is 49.1 Å². The number of ether oxygens (including phenoxy) is 3. The first-order chi connectivity index (χ1) is 13.2. The zero-order valence-corrected chi connectivity index (χ0v) is 17.2. The van der Waals surface area contributed by atoms with Gasteiger partial charge >= 0.3 is 5.97 Å². The number of likely N-dealkylation sites (tertiary alicyclic amines) is 1. The van der Waals surface area contributed by atoms with Crippen molar-refractivity contribution in [2.24, 2.45) is 0 Å². The fourth-order valence-corrected chi connectivity index (χ4v) is 3.37. The van der Waals surface area contributed by atoms with Crippen molar-refractivity contribution in [3.8, 4) is 11.5 Å². The highest BCUT2D eigenvalue weighted by Gasteiger charge is 2.22. The van der Waals surface area contributed by atoms with Crippen LogP contribution >= 0.6 is 12.4 Å². The standard InChI is InChI=1S/C22H27NO4.ClH/c1-25-20-9-8-17(16-21(20)26-2)10-13-23-14-11-19(12-15-23)27-22(24)18-6-4-3-5-7-18;/h3-9,16,19H,10-15H2,1-2H3;1H. The summed E-state index contributed by atoms with van der Waals surface area (Å²) in [6.45, 7) is 2.87.